The van der Waals surface area contributed by atoms with Crippen LogP contribution in [-0.4, -0.2) is 66.8 Å². The van der Waals surface area contributed by atoms with E-state index in [0.29, 0.717) is 38.1 Å². The number of morpholine rings is 1. The summed E-state index contributed by atoms with van der Waals surface area (Å²) in [6.07, 6.45) is -2.82. The molecule has 1 spiro atoms. The van der Waals surface area contributed by atoms with Crippen molar-refractivity contribution in [1.29, 1.82) is 0 Å². The SMILES string of the molecule is CCCOc1ccc(C(=O)N2CCC3(CC2)CN(CC(F)(F)F)CC(c2ccccc2)O3)cc1C. The number of carbonyl (C=O) groups is 1. The van der Waals surface area contributed by atoms with Gasteiger partial charge in [-0.2, -0.15) is 13.2 Å². The first-order valence-corrected chi connectivity index (χ1v) is 12.2. The summed E-state index contributed by atoms with van der Waals surface area (Å²) in [6, 6.07) is 14.8. The molecule has 4 rings (SSSR count). The molecule has 2 heterocycles. The van der Waals surface area contributed by atoms with Gasteiger partial charge in [-0.25, -0.2) is 0 Å². The van der Waals surface area contributed by atoms with Gasteiger partial charge >= 0.3 is 6.18 Å². The van der Waals surface area contributed by atoms with E-state index < -0.39 is 24.4 Å². The molecule has 2 aliphatic rings. The minimum absolute atomic E-state index is 0.0763. The average molecular weight is 491 g/mol. The van der Waals surface area contributed by atoms with Crippen LogP contribution in [0.4, 0.5) is 13.2 Å². The number of benzene rings is 2. The van der Waals surface area contributed by atoms with E-state index in [1.807, 2.05) is 56.3 Å². The molecule has 2 aliphatic heterocycles. The van der Waals surface area contributed by atoms with Crippen molar-refractivity contribution in [2.45, 2.75) is 51.0 Å². The molecular formula is C27H33F3N2O3. The first-order valence-electron chi connectivity index (χ1n) is 12.2. The van der Waals surface area contributed by atoms with Crippen molar-refractivity contribution < 1.29 is 27.4 Å². The van der Waals surface area contributed by atoms with Gasteiger partial charge in [0, 0.05) is 31.7 Å². The van der Waals surface area contributed by atoms with E-state index in [9.17, 15) is 18.0 Å². The Kier molecular flexibility index (Phi) is 7.71. The molecule has 2 aromatic rings. The molecule has 8 heteroatoms. The summed E-state index contributed by atoms with van der Waals surface area (Å²) in [5.74, 6) is 0.695. The lowest BCUT2D eigenvalue weighted by atomic mass is 9.87. The molecule has 5 nitrogen and oxygen atoms in total. The molecule has 1 unspecified atom stereocenters. The number of halogens is 3. The molecule has 0 aliphatic carbocycles. The lowest BCUT2D eigenvalue weighted by Gasteiger charge is -2.50. The van der Waals surface area contributed by atoms with Crippen molar-refractivity contribution in [2.75, 3.05) is 39.3 Å². The third kappa shape index (κ3) is 6.35. The third-order valence-electron chi connectivity index (χ3n) is 6.75. The second-order valence-corrected chi connectivity index (χ2v) is 9.61. The van der Waals surface area contributed by atoms with E-state index in [4.69, 9.17) is 9.47 Å². The Morgan fingerprint density at radius 1 is 1.14 bits per heavy atom. The van der Waals surface area contributed by atoms with Gasteiger partial charge in [-0.3, -0.25) is 9.69 Å². The Balaban J connectivity index is 1.45. The van der Waals surface area contributed by atoms with Crippen LogP contribution in [0.25, 0.3) is 0 Å². The van der Waals surface area contributed by atoms with Gasteiger partial charge in [-0.05, 0) is 55.5 Å². The van der Waals surface area contributed by atoms with Gasteiger partial charge in [0.2, 0.25) is 0 Å². The number of piperidine rings is 1. The Morgan fingerprint density at radius 2 is 1.86 bits per heavy atom. The fourth-order valence-electron chi connectivity index (χ4n) is 5.03. The van der Waals surface area contributed by atoms with Crippen LogP contribution in [0.2, 0.25) is 0 Å². The summed E-state index contributed by atoms with van der Waals surface area (Å²) in [5.41, 5.74) is 1.65. The van der Waals surface area contributed by atoms with Gasteiger partial charge in [-0.15, -0.1) is 0 Å². The molecule has 0 bridgehead atoms. The monoisotopic (exact) mass is 490 g/mol. The molecule has 0 saturated carbocycles. The fraction of sp³-hybridized carbons (Fsp3) is 0.519. The summed E-state index contributed by atoms with van der Waals surface area (Å²) < 4.78 is 52.0. The van der Waals surface area contributed by atoms with Gasteiger partial charge in [-0.1, -0.05) is 37.3 Å². The van der Waals surface area contributed by atoms with Crippen molar-refractivity contribution in [3.8, 4) is 5.75 Å². The topological polar surface area (TPSA) is 42.0 Å². The van der Waals surface area contributed by atoms with Crippen molar-refractivity contribution in [3.63, 3.8) is 0 Å². The molecule has 190 valence electrons. The summed E-state index contributed by atoms with van der Waals surface area (Å²) in [5, 5.41) is 0. The van der Waals surface area contributed by atoms with Gasteiger partial charge < -0.3 is 14.4 Å². The molecule has 0 N–H and O–H groups in total. The second kappa shape index (κ2) is 10.6. The Hall–Kier alpha value is -2.58. The van der Waals surface area contributed by atoms with Gasteiger partial charge in [0.1, 0.15) is 5.75 Å². The highest BCUT2D eigenvalue weighted by atomic mass is 19.4. The standard InChI is InChI=1S/C27H33F3N2O3/c1-3-15-34-23-10-9-22(16-20(23)2)25(33)32-13-11-26(12-14-32)18-31(19-27(28,29)30)17-24(35-26)21-7-5-4-6-8-21/h4-10,16,24H,3,11-15,17-19H2,1-2H3. The lowest BCUT2D eigenvalue weighted by molar-refractivity contribution is -0.205. The highest BCUT2D eigenvalue weighted by molar-refractivity contribution is 5.94. The number of nitrogens with zero attached hydrogens (tertiary/aromatic N) is 2. The number of rotatable bonds is 6. The Bertz CT molecular complexity index is 1000. The van der Waals surface area contributed by atoms with Crippen molar-refractivity contribution in [3.05, 3.63) is 65.2 Å². The highest BCUT2D eigenvalue weighted by Gasteiger charge is 2.46. The quantitative estimate of drug-likeness (QED) is 0.544. The maximum absolute atomic E-state index is 13.3. The molecular weight excluding hydrogens is 457 g/mol. The van der Waals surface area contributed by atoms with E-state index in [2.05, 4.69) is 0 Å². The van der Waals surface area contributed by atoms with Crippen molar-refractivity contribution in [1.82, 2.24) is 9.80 Å². The Labute approximate surface area is 204 Å². The minimum Gasteiger partial charge on any atom is -0.493 e. The molecule has 2 fully saturated rings. The maximum Gasteiger partial charge on any atom is 0.401 e. The first kappa shape index (κ1) is 25.5. The van der Waals surface area contributed by atoms with Crippen LogP contribution in [0.15, 0.2) is 48.5 Å². The number of carbonyl (C=O) groups excluding carboxylic acids is 1. The zero-order valence-corrected chi connectivity index (χ0v) is 20.3. The number of alkyl halides is 3. The summed E-state index contributed by atoms with van der Waals surface area (Å²) >= 11 is 0. The van der Waals surface area contributed by atoms with Gasteiger partial charge in [0.15, 0.2) is 0 Å². The largest absolute Gasteiger partial charge is 0.493 e. The van der Waals surface area contributed by atoms with E-state index in [-0.39, 0.29) is 19.0 Å². The summed E-state index contributed by atoms with van der Waals surface area (Å²) in [7, 11) is 0. The van der Waals surface area contributed by atoms with Crippen LogP contribution < -0.4 is 4.74 Å². The number of amides is 1. The van der Waals surface area contributed by atoms with E-state index in [1.165, 1.54) is 4.90 Å². The molecule has 2 saturated heterocycles. The number of likely N-dealkylation sites (tertiary alicyclic amines) is 1. The second-order valence-electron chi connectivity index (χ2n) is 9.61. The zero-order valence-electron chi connectivity index (χ0n) is 20.3. The third-order valence-corrected chi connectivity index (χ3v) is 6.75. The molecule has 2 aromatic carbocycles. The molecule has 1 atom stereocenters. The number of hydrogen-bond acceptors (Lipinski definition) is 4. The summed E-state index contributed by atoms with van der Waals surface area (Å²) in [4.78, 5) is 16.4. The Morgan fingerprint density at radius 3 is 2.49 bits per heavy atom. The van der Waals surface area contributed by atoms with E-state index >= 15 is 0 Å². The van der Waals surface area contributed by atoms with Crippen LogP contribution in [0.3, 0.4) is 0 Å². The lowest BCUT2D eigenvalue weighted by Crippen LogP contribution is -2.59. The van der Waals surface area contributed by atoms with E-state index in [0.717, 1.165) is 23.3 Å². The normalized spacial score (nSPS) is 20.7. The first-order chi connectivity index (χ1) is 16.7. The van der Waals surface area contributed by atoms with Crippen molar-refractivity contribution in [2.24, 2.45) is 0 Å². The van der Waals surface area contributed by atoms with Crippen LogP contribution in [-0.2, 0) is 4.74 Å². The number of ether oxygens (including phenoxy) is 2. The number of aryl methyl sites for hydroxylation is 1. The van der Waals surface area contributed by atoms with Gasteiger partial charge in [0.05, 0.1) is 24.9 Å². The maximum atomic E-state index is 13.3. The van der Waals surface area contributed by atoms with Crippen molar-refractivity contribution >= 4 is 5.91 Å². The van der Waals surface area contributed by atoms with Gasteiger partial charge in [0.25, 0.3) is 5.91 Å². The number of hydrogen-bond donors (Lipinski definition) is 0. The molecule has 35 heavy (non-hydrogen) atoms. The van der Waals surface area contributed by atoms with Crippen LogP contribution in [0.5, 0.6) is 5.75 Å². The minimum atomic E-state index is -4.28. The molecule has 0 aromatic heterocycles. The smallest absolute Gasteiger partial charge is 0.401 e. The average Bonchev–Trinajstić information content (AvgIpc) is 2.82. The van der Waals surface area contributed by atoms with E-state index in [1.54, 1.807) is 11.0 Å². The van der Waals surface area contributed by atoms with Crippen LogP contribution in [0, 0.1) is 6.92 Å². The predicted octanol–water partition coefficient (Wildman–Crippen LogP) is 5.39. The molecule has 0 radical (unpaired) electrons. The highest BCUT2D eigenvalue weighted by Crippen LogP contribution is 2.39. The van der Waals surface area contributed by atoms with Crippen LogP contribution >= 0.6 is 0 Å². The zero-order chi connectivity index (χ0) is 25.1. The van der Waals surface area contributed by atoms with Crippen LogP contribution in [0.1, 0.15) is 53.8 Å². The predicted molar refractivity (Wildman–Crippen MR) is 128 cm³/mol. The molecule has 1 amide bonds. The summed E-state index contributed by atoms with van der Waals surface area (Å²) in [6.45, 7) is 4.90. The fourth-order valence-corrected chi connectivity index (χ4v) is 5.03.